The van der Waals surface area contributed by atoms with Crippen molar-refractivity contribution in [1.29, 1.82) is 0 Å². The minimum absolute atomic E-state index is 0.149. The Labute approximate surface area is 170 Å². The van der Waals surface area contributed by atoms with Crippen LogP contribution in [0.5, 0.6) is 11.5 Å². The predicted molar refractivity (Wildman–Crippen MR) is 111 cm³/mol. The first kappa shape index (κ1) is 20.1. The predicted octanol–water partition coefficient (Wildman–Crippen LogP) is 4.13. The maximum Gasteiger partial charge on any atom is 0.261 e. The Bertz CT molecular complexity index is 918. The monoisotopic (exact) mass is 389 g/mol. The average Bonchev–Trinajstić information content (AvgIpc) is 2.78. The third-order valence-corrected chi connectivity index (χ3v) is 4.69. The minimum atomic E-state index is -0.229. The zero-order chi connectivity index (χ0) is 20.6. The summed E-state index contributed by atoms with van der Waals surface area (Å²) in [5.74, 6) is 0.646. The number of aldehydes is 1. The van der Waals surface area contributed by atoms with Crippen LogP contribution in [0.15, 0.2) is 78.9 Å². The highest BCUT2D eigenvalue weighted by atomic mass is 16.5. The second-order valence-corrected chi connectivity index (χ2v) is 6.55. The Kier molecular flexibility index (Phi) is 6.63. The van der Waals surface area contributed by atoms with Gasteiger partial charge in [-0.15, -0.1) is 0 Å². The fraction of sp³-hybridized carbons (Fsp3) is 0.167. The number of hydrogen-bond donors (Lipinski definition) is 0. The molecular weight excluding hydrogens is 366 g/mol. The first-order valence-electron chi connectivity index (χ1n) is 9.25. The fourth-order valence-corrected chi connectivity index (χ4v) is 3.17. The smallest absolute Gasteiger partial charge is 0.261 e. The lowest BCUT2D eigenvalue weighted by molar-refractivity contribution is -0.133. The van der Waals surface area contributed by atoms with Gasteiger partial charge in [0.05, 0.1) is 13.2 Å². The summed E-state index contributed by atoms with van der Waals surface area (Å²) in [6, 6.07) is 24.3. The van der Waals surface area contributed by atoms with E-state index in [9.17, 15) is 9.59 Å². The number of ether oxygens (including phenoxy) is 2. The molecule has 0 aromatic heterocycles. The molecule has 0 aliphatic heterocycles. The lowest BCUT2D eigenvalue weighted by atomic mass is 9.97. The van der Waals surface area contributed by atoms with Gasteiger partial charge in [-0.05, 0) is 29.3 Å². The molecule has 0 atom stereocenters. The van der Waals surface area contributed by atoms with Crippen LogP contribution in [0.25, 0.3) is 0 Å². The van der Waals surface area contributed by atoms with Crippen molar-refractivity contribution < 1.29 is 19.1 Å². The van der Waals surface area contributed by atoms with Crippen molar-refractivity contribution >= 4 is 12.2 Å². The second kappa shape index (κ2) is 9.55. The number of methoxy groups -OCH3 is 1. The summed E-state index contributed by atoms with van der Waals surface area (Å²) in [4.78, 5) is 25.5. The molecule has 0 aliphatic rings. The van der Waals surface area contributed by atoms with Crippen molar-refractivity contribution in [2.45, 2.75) is 6.04 Å². The molecule has 0 fully saturated rings. The van der Waals surface area contributed by atoms with Crippen molar-refractivity contribution in [3.63, 3.8) is 0 Å². The van der Waals surface area contributed by atoms with Gasteiger partial charge in [-0.25, -0.2) is 0 Å². The van der Waals surface area contributed by atoms with Crippen LogP contribution in [0.3, 0.4) is 0 Å². The van der Waals surface area contributed by atoms with E-state index in [1.165, 1.54) is 7.11 Å². The van der Waals surface area contributed by atoms with E-state index in [0.29, 0.717) is 17.1 Å². The normalized spacial score (nSPS) is 10.4. The zero-order valence-corrected chi connectivity index (χ0v) is 16.4. The molecule has 5 nitrogen and oxygen atoms in total. The highest BCUT2D eigenvalue weighted by molar-refractivity contribution is 5.79. The third-order valence-electron chi connectivity index (χ3n) is 4.69. The summed E-state index contributed by atoms with van der Waals surface area (Å²) in [7, 11) is 3.26. The van der Waals surface area contributed by atoms with E-state index < -0.39 is 0 Å². The molecule has 5 heteroatoms. The summed E-state index contributed by atoms with van der Waals surface area (Å²) in [6.07, 6.45) is 0.732. The Hall–Kier alpha value is -3.60. The molecule has 0 bridgehead atoms. The van der Waals surface area contributed by atoms with Crippen LogP contribution < -0.4 is 9.47 Å². The van der Waals surface area contributed by atoms with Gasteiger partial charge in [0.25, 0.3) is 5.91 Å². The minimum Gasteiger partial charge on any atom is -0.493 e. The van der Waals surface area contributed by atoms with E-state index in [-0.39, 0.29) is 18.6 Å². The van der Waals surface area contributed by atoms with Crippen LogP contribution in [-0.4, -0.2) is 37.9 Å². The van der Waals surface area contributed by atoms with Crippen molar-refractivity contribution in [3.8, 4) is 11.5 Å². The molecule has 0 saturated carbocycles. The van der Waals surface area contributed by atoms with Crippen LogP contribution in [0.2, 0.25) is 0 Å². The molecule has 0 unspecified atom stereocenters. The number of hydrogen-bond acceptors (Lipinski definition) is 4. The summed E-state index contributed by atoms with van der Waals surface area (Å²) in [5.41, 5.74) is 2.51. The van der Waals surface area contributed by atoms with E-state index >= 15 is 0 Å². The number of carbonyl (C=O) groups is 2. The van der Waals surface area contributed by atoms with E-state index in [2.05, 4.69) is 0 Å². The van der Waals surface area contributed by atoms with Gasteiger partial charge in [-0.3, -0.25) is 9.59 Å². The van der Waals surface area contributed by atoms with Gasteiger partial charge >= 0.3 is 0 Å². The molecule has 1 amide bonds. The van der Waals surface area contributed by atoms with Crippen molar-refractivity contribution in [1.82, 2.24) is 4.90 Å². The largest absolute Gasteiger partial charge is 0.493 e. The first-order chi connectivity index (χ1) is 14.1. The van der Waals surface area contributed by atoms with Crippen LogP contribution in [0, 0.1) is 0 Å². The third kappa shape index (κ3) is 4.82. The topological polar surface area (TPSA) is 55.8 Å². The van der Waals surface area contributed by atoms with E-state index in [1.807, 2.05) is 60.7 Å². The van der Waals surface area contributed by atoms with Crippen LogP contribution >= 0.6 is 0 Å². The van der Waals surface area contributed by atoms with Gasteiger partial charge in [0.15, 0.2) is 18.1 Å². The summed E-state index contributed by atoms with van der Waals surface area (Å²) < 4.78 is 11.0. The highest BCUT2D eigenvalue weighted by Gasteiger charge is 2.24. The quantitative estimate of drug-likeness (QED) is 0.544. The Morgan fingerprint density at radius 1 is 0.931 bits per heavy atom. The molecule has 0 spiro atoms. The number of likely N-dealkylation sites (N-methyl/N-ethyl adjacent to an activating group) is 1. The van der Waals surface area contributed by atoms with Gasteiger partial charge in [0.2, 0.25) is 0 Å². The van der Waals surface area contributed by atoms with Gasteiger partial charge in [0.1, 0.15) is 6.29 Å². The highest BCUT2D eigenvalue weighted by Crippen LogP contribution is 2.29. The van der Waals surface area contributed by atoms with Gasteiger partial charge in [0, 0.05) is 12.6 Å². The molecule has 3 aromatic rings. The molecule has 0 aliphatic carbocycles. The van der Waals surface area contributed by atoms with Crippen molar-refractivity contribution in [2.24, 2.45) is 0 Å². The second-order valence-electron chi connectivity index (χ2n) is 6.55. The number of carbonyl (C=O) groups excluding carboxylic acids is 2. The number of amides is 1. The van der Waals surface area contributed by atoms with E-state index in [4.69, 9.17) is 9.47 Å². The average molecular weight is 389 g/mol. The lowest BCUT2D eigenvalue weighted by Crippen LogP contribution is -2.35. The van der Waals surface area contributed by atoms with E-state index in [0.717, 1.165) is 17.4 Å². The first-order valence-corrected chi connectivity index (χ1v) is 9.25. The molecule has 0 saturated heterocycles. The Morgan fingerprint density at radius 2 is 1.52 bits per heavy atom. The van der Waals surface area contributed by atoms with Gasteiger partial charge in [-0.1, -0.05) is 60.7 Å². The molecule has 3 rings (SSSR count). The summed E-state index contributed by atoms with van der Waals surface area (Å²) >= 11 is 0. The molecule has 148 valence electrons. The molecule has 0 heterocycles. The Morgan fingerprint density at radius 3 is 2.03 bits per heavy atom. The van der Waals surface area contributed by atoms with Gasteiger partial charge in [-0.2, -0.15) is 0 Å². The summed E-state index contributed by atoms with van der Waals surface area (Å²) in [5, 5.41) is 0. The molecule has 0 radical (unpaired) electrons. The molecular formula is C24H23NO4. The van der Waals surface area contributed by atoms with Crippen LogP contribution in [-0.2, 0) is 4.79 Å². The lowest BCUT2D eigenvalue weighted by Gasteiger charge is -2.29. The number of benzene rings is 3. The fourth-order valence-electron chi connectivity index (χ4n) is 3.17. The van der Waals surface area contributed by atoms with Crippen LogP contribution in [0.4, 0.5) is 0 Å². The van der Waals surface area contributed by atoms with Crippen molar-refractivity contribution in [3.05, 3.63) is 95.6 Å². The zero-order valence-electron chi connectivity index (χ0n) is 16.4. The van der Waals surface area contributed by atoms with Crippen LogP contribution in [0.1, 0.15) is 27.5 Å². The van der Waals surface area contributed by atoms with Gasteiger partial charge < -0.3 is 14.4 Å². The molecule has 29 heavy (non-hydrogen) atoms. The van der Waals surface area contributed by atoms with Crippen molar-refractivity contribution in [2.75, 3.05) is 20.8 Å². The number of nitrogens with zero attached hydrogens (tertiary/aromatic N) is 1. The Balaban J connectivity index is 1.79. The van der Waals surface area contributed by atoms with E-state index in [1.54, 1.807) is 30.1 Å². The number of rotatable bonds is 8. The summed E-state index contributed by atoms with van der Waals surface area (Å²) in [6.45, 7) is -0.149. The molecule has 0 N–H and O–H groups in total. The SMILES string of the molecule is COc1cc(C=O)ccc1OCC(=O)N(C)C(c1ccccc1)c1ccccc1. The standard InChI is InChI=1S/C24H23NO4/c1-25(23(27)17-29-21-14-13-18(16-26)15-22(21)28-2)24(19-9-5-3-6-10-19)20-11-7-4-8-12-20/h3-16,24H,17H2,1-2H3. The maximum absolute atomic E-state index is 12.9. The molecule has 3 aromatic carbocycles. The maximum atomic E-state index is 12.9.